The molecule has 3 heterocycles. The average molecular weight is 249 g/mol. The Balaban J connectivity index is 1.75. The highest BCUT2D eigenvalue weighted by atomic mass is 19.1. The highest BCUT2D eigenvalue weighted by molar-refractivity contribution is 5.39. The van der Waals surface area contributed by atoms with E-state index in [1.807, 2.05) is 0 Å². The third-order valence-electron chi connectivity index (χ3n) is 4.26. The van der Waals surface area contributed by atoms with Gasteiger partial charge in [-0.25, -0.2) is 9.37 Å². The van der Waals surface area contributed by atoms with Gasteiger partial charge in [0.15, 0.2) is 0 Å². The maximum Gasteiger partial charge on any atom is 0.141 e. The highest BCUT2D eigenvalue weighted by Crippen LogP contribution is 2.37. The molecule has 0 aromatic carbocycles. The summed E-state index contributed by atoms with van der Waals surface area (Å²) in [5, 5.41) is 3.52. The minimum Gasteiger partial charge on any atom is -0.356 e. The summed E-state index contributed by atoms with van der Waals surface area (Å²) in [7, 11) is 0. The molecular formula is C14H20FN3. The molecule has 0 saturated carbocycles. The summed E-state index contributed by atoms with van der Waals surface area (Å²) in [5.41, 5.74) is 0.409. The van der Waals surface area contributed by atoms with Crippen molar-refractivity contribution in [3.63, 3.8) is 0 Å². The van der Waals surface area contributed by atoms with E-state index in [1.165, 1.54) is 37.9 Å². The van der Waals surface area contributed by atoms with Gasteiger partial charge in [-0.3, -0.25) is 0 Å². The minimum absolute atomic E-state index is 0.259. The van der Waals surface area contributed by atoms with Gasteiger partial charge < -0.3 is 10.2 Å². The summed E-state index contributed by atoms with van der Waals surface area (Å²) in [6, 6.07) is 3.30. The van der Waals surface area contributed by atoms with Crippen LogP contribution in [-0.2, 0) is 0 Å². The number of aromatic nitrogens is 1. The molecule has 3 rings (SSSR count). The lowest BCUT2D eigenvalue weighted by Crippen LogP contribution is -2.51. The fourth-order valence-corrected chi connectivity index (χ4v) is 3.34. The smallest absolute Gasteiger partial charge is 0.141 e. The summed E-state index contributed by atoms with van der Waals surface area (Å²) in [6.45, 7) is 4.36. The standard InChI is InChI=1S/C14H20FN3/c15-12-3-4-13(17-9-12)18-8-2-6-14(11-18)5-1-7-16-10-14/h3-4,9,16H,1-2,5-8,10-11H2. The Hall–Kier alpha value is -1.16. The Kier molecular flexibility index (Phi) is 3.20. The van der Waals surface area contributed by atoms with Gasteiger partial charge in [-0.15, -0.1) is 0 Å². The molecule has 4 heteroatoms. The Labute approximate surface area is 107 Å². The maximum absolute atomic E-state index is 12.9. The van der Waals surface area contributed by atoms with E-state index >= 15 is 0 Å². The van der Waals surface area contributed by atoms with Gasteiger partial charge in [0.25, 0.3) is 0 Å². The molecule has 0 bridgehead atoms. The van der Waals surface area contributed by atoms with E-state index in [0.717, 1.165) is 32.0 Å². The van der Waals surface area contributed by atoms with Crippen LogP contribution in [0.4, 0.5) is 10.2 Å². The number of rotatable bonds is 1. The molecule has 1 unspecified atom stereocenters. The first-order valence-electron chi connectivity index (χ1n) is 6.85. The normalized spacial score (nSPS) is 28.6. The van der Waals surface area contributed by atoms with Crippen LogP contribution in [0, 0.1) is 11.2 Å². The predicted molar refractivity (Wildman–Crippen MR) is 70.2 cm³/mol. The van der Waals surface area contributed by atoms with Crippen LogP contribution in [0.2, 0.25) is 0 Å². The monoisotopic (exact) mass is 249 g/mol. The Bertz CT molecular complexity index is 392. The number of piperidine rings is 2. The van der Waals surface area contributed by atoms with Crippen LogP contribution in [0.1, 0.15) is 25.7 Å². The second kappa shape index (κ2) is 4.84. The van der Waals surface area contributed by atoms with Crippen LogP contribution in [0.25, 0.3) is 0 Å². The van der Waals surface area contributed by atoms with Crippen molar-refractivity contribution < 1.29 is 4.39 Å². The summed E-state index contributed by atoms with van der Waals surface area (Å²) in [4.78, 5) is 6.53. The minimum atomic E-state index is -0.259. The van der Waals surface area contributed by atoms with Crippen molar-refractivity contribution >= 4 is 5.82 Å². The number of nitrogens with zero attached hydrogens (tertiary/aromatic N) is 2. The molecule has 2 fully saturated rings. The number of anilines is 1. The molecule has 2 aliphatic rings. The van der Waals surface area contributed by atoms with Crippen LogP contribution in [-0.4, -0.2) is 31.2 Å². The van der Waals surface area contributed by atoms with Gasteiger partial charge >= 0.3 is 0 Å². The third kappa shape index (κ3) is 2.34. The Morgan fingerprint density at radius 3 is 2.89 bits per heavy atom. The topological polar surface area (TPSA) is 28.2 Å². The molecule has 2 saturated heterocycles. The van der Waals surface area contributed by atoms with E-state index in [-0.39, 0.29) is 5.82 Å². The molecule has 0 amide bonds. The van der Waals surface area contributed by atoms with Crippen LogP contribution in [0.15, 0.2) is 18.3 Å². The number of pyridine rings is 1. The largest absolute Gasteiger partial charge is 0.356 e. The first-order chi connectivity index (χ1) is 8.77. The lowest BCUT2D eigenvalue weighted by molar-refractivity contribution is 0.173. The maximum atomic E-state index is 12.9. The average Bonchev–Trinajstić information content (AvgIpc) is 2.40. The summed E-state index contributed by atoms with van der Waals surface area (Å²) in [6.07, 6.45) is 6.40. The lowest BCUT2D eigenvalue weighted by atomic mass is 9.74. The Morgan fingerprint density at radius 1 is 1.28 bits per heavy atom. The van der Waals surface area contributed by atoms with E-state index in [9.17, 15) is 4.39 Å². The van der Waals surface area contributed by atoms with E-state index in [4.69, 9.17) is 0 Å². The zero-order valence-electron chi connectivity index (χ0n) is 10.7. The van der Waals surface area contributed by atoms with Gasteiger partial charge in [-0.1, -0.05) is 0 Å². The van der Waals surface area contributed by atoms with Crippen molar-refractivity contribution in [3.05, 3.63) is 24.1 Å². The number of halogens is 1. The molecule has 1 atom stereocenters. The van der Waals surface area contributed by atoms with Gasteiger partial charge in [0.05, 0.1) is 6.20 Å². The van der Waals surface area contributed by atoms with Gasteiger partial charge in [-0.2, -0.15) is 0 Å². The molecule has 3 nitrogen and oxygen atoms in total. The van der Waals surface area contributed by atoms with Crippen molar-refractivity contribution in [2.75, 3.05) is 31.1 Å². The summed E-state index contributed by atoms with van der Waals surface area (Å²) < 4.78 is 12.9. The van der Waals surface area contributed by atoms with Gasteiger partial charge in [-0.05, 0) is 44.4 Å². The van der Waals surface area contributed by atoms with Crippen molar-refractivity contribution in [2.24, 2.45) is 5.41 Å². The highest BCUT2D eigenvalue weighted by Gasteiger charge is 2.36. The number of hydrogen-bond acceptors (Lipinski definition) is 3. The molecule has 0 radical (unpaired) electrons. The van der Waals surface area contributed by atoms with Crippen LogP contribution in [0.5, 0.6) is 0 Å². The molecule has 1 spiro atoms. The Morgan fingerprint density at radius 2 is 2.17 bits per heavy atom. The fourth-order valence-electron chi connectivity index (χ4n) is 3.34. The zero-order chi connectivity index (χ0) is 12.4. The first-order valence-corrected chi connectivity index (χ1v) is 6.85. The predicted octanol–water partition coefficient (Wildman–Crippen LogP) is 2.19. The summed E-state index contributed by atoms with van der Waals surface area (Å²) >= 11 is 0. The quantitative estimate of drug-likeness (QED) is 0.827. The number of nitrogens with one attached hydrogen (secondary N) is 1. The molecule has 98 valence electrons. The molecular weight excluding hydrogens is 229 g/mol. The van der Waals surface area contributed by atoms with E-state index in [0.29, 0.717) is 5.41 Å². The van der Waals surface area contributed by atoms with Crippen molar-refractivity contribution in [2.45, 2.75) is 25.7 Å². The van der Waals surface area contributed by atoms with Crippen molar-refractivity contribution in [1.82, 2.24) is 10.3 Å². The van der Waals surface area contributed by atoms with Crippen LogP contribution >= 0.6 is 0 Å². The van der Waals surface area contributed by atoms with E-state index < -0.39 is 0 Å². The molecule has 2 aliphatic heterocycles. The molecule has 18 heavy (non-hydrogen) atoms. The van der Waals surface area contributed by atoms with Crippen LogP contribution in [0.3, 0.4) is 0 Å². The van der Waals surface area contributed by atoms with Crippen molar-refractivity contribution in [1.29, 1.82) is 0 Å². The van der Waals surface area contributed by atoms with E-state index in [1.54, 1.807) is 6.07 Å². The van der Waals surface area contributed by atoms with Crippen molar-refractivity contribution in [3.8, 4) is 0 Å². The first kappa shape index (κ1) is 11.9. The van der Waals surface area contributed by atoms with E-state index in [2.05, 4.69) is 15.2 Å². The molecule has 1 aromatic rings. The lowest BCUT2D eigenvalue weighted by Gasteiger charge is -2.45. The SMILES string of the molecule is Fc1ccc(N2CCCC3(CCCNC3)C2)nc1. The number of hydrogen-bond donors (Lipinski definition) is 1. The second-order valence-electron chi connectivity index (χ2n) is 5.64. The van der Waals surface area contributed by atoms with Crippen LogP contribution < -0.4 is 10.2 Å². The van der Waals surface area contributed by atoms with Gasteiger partial charge in [0, 0.05) is 25.0 Å². The van der Waals surface area contributed by atoms with Gasteiger partial charge in [0.2, 0.25) is 0 Å². The fraction of sp³-hybridized carbons (Fsp3) is 0.643. The molecule has 0 aliphatic carbocycles. The second-order valence-corrected chi connectivity index (χ2v) is 5.64. The molecule has 1 N–H and O–H groups in total. The molecule has 1 aromatic heterocycles. The summed E-state index contributed by atoms with van der Waals surface area (Å²) in [5.74, 6) is 0.658. The van der Waals surface area contributed by atoms with Gasteiger partial charge in [0.1, 0.15) is 11.6 Å². The zero-order valence-corrected chi connectivity index (χ0v) is 10.7. The third-order valence-corrected chi connectivity index (χ3v) is 4.26.